The van der Waals surface area contributed by atoms with Crippen LogP contribution in [0.3, 0.4) is 0 Å². The van der Waals surface area contributed by atoms with E-state index in [2.05, 4.69) is 9.97 Å². The minimum absolute atomic E-state index is 0.0164. The summed E-state index contributed by atoms with van der Waals surface area (Å²) in [4.78, 5) is 16.2. The van der Waals surface area contributed by atoms with E-state index >= 15 is 0 Å². The van der Waals surface area contributed by atoms with Crippen molar-refractivity contribution in [3.8, 4) is 0 Å². The van der Waals surface area contributed by atoms with Gasteiger partial charge in [0.2, 0.25) is 0 Å². The molecule has 0 amide bonds. The minimum atomic E-state index is -0.696. The number of hydrogen-bond acceptors (Lipinski definition) is 5. The van der Waals surface area contributed by atoms with Gasteiger partial charge in [-0.3, -0.25) is 0 Å². The van der Waals surface area contributed by atoms with E-state index in [0.29, 0.717) is 0 Å². The van der Waals surface area contributed by atoms with E-state index in [0.717, 1.165) is 6.20 Å². The number of nitro groups is 1. The van der Waals surface area contributed by atoms with Crippen molar-refractivity contribution in [2.24, 2.45) is 0 Å². The molecule has 0 aliphatic heterocycles. The fourth-order valence-electron chi connectivity index (χ4n) is 0.455. The smallest absolute Gasteiger partial charge is 0.379 e. The Hall–Kier alpha value is -1.43. The Morgan fingerprint density at radius 2 is 2.36 bits per heavy atom. The highest BCUT2D eigenvalue weighted by Crippen LogP contribution is 2.15. The third-order valence-corrected chi connectivity index (χ3v) is 1.21. The van der Waals surface area contributed by atoms with E-state index in [1.807, 2.05) is 0 Å². The minimum Gasteiger partial charge on any atom is -0.379 e. The van der Waals surface area contributed by atoms with Gasteiger partial charge in [0.1, 0.15) is 6.20 Å². The molecule has 0 atom stereocenters. The van der Waals surface area contributed by atoms with Crippen molar-refractivity contribution in [1.82, 2.24) is 9.97 Å². The highest BCUT2D eigenvalue weighted by molar-refractivity contribution is 6.31. The molecule has 6 nitrogen and oxygen atoms in total. The Morgan fingerprint density at radius 1 is 1.73 bits per heavy atom. The highest BCUT2D eigenvalue weighted by Gasteiger charge is 2.11. The molecule has 0 fully saturated rings. The Balaban J connectivity index is 3.15. The van der Waals surface area contributed by atoms with Crippen LogP contribution in [-0.2, 0) is 0 Å². The Bertz CT molecular complexity index is 302. The SMILES string of the molecule is Nc1ncc([N+](=O)[O-])nc1Cl. The van der Waals surface area contributed by atoms with E-state index in [4.69, 9.17) is 17.3 Å². The number of anilines is 1. The van der Waals surface area contributed by atoms with Gasteiger partial charge in [-0.05, 0) is 21.5 Å². The fraction of sp³-hybridized carbons (Fsp3) is 0. The first-order valence-electron chi connectivity index (χ1n) is 2.53. The van der Waals surface area contributed by atoms with Crippen molar-refractivity contribution in [3.05, 3.63) is 21.5 Å². The first-order valence-corrected chi connectivity index (χ1v) is 2.91. The predicted octanol–water partition coefficient (Wildman–Crippen LogP) is 0.620. The lowest BCUT2D eigenvalue weighted by Crippen LogP contribution is -1.97. The number of nitrogen functional groups attached to an aromatic ring is 1. The molecule has 1 aromatic heterocycles. The molecule has 58 valence electrons. The van der Waals surface area contributed by atoms with Crippen molar-refractivity contribution in [1.29, 1.82) is 0 Å². The van der Waals surface area contributed by atoms with Crippen LogP contribution in [0.25, 0.3) is 0 Å². The molecule has 0 saturated carbocycles. The zero-order chi connectivity index (χ0) is 8.43. The van der Waals surface area contributed by atoms with Gasteiger partial charge in [0.05, 0.1) is 0 Å². The average Bonchev–Trinajstić information content (AvgIpc) is 1.94. The molecule has 1 rings (SSSR count). The molecule has 11 heavy (non-hydrogen) atoms. The predicted molar refractivity (Wildman–Crippen MR) is 38.1 cm³/mol. The molecule has 1 aromatic rings. The Kier molecular flexibility index (Phi) is 1.86. The Morgan fingerprint density at radius 3 is 2.82 bits per heavy atom. The molecule has 0 spiro atoms. The summed E-state index contributed by atoms with van der Waals surface area (Å²) in [5, 5.41) is 9.91. The third kappa shape index (κ3) is 1.53. The van der Waals surface area contributed by atoms with Gasteiger partial charge in [0.15, 0.2) is 5.82 Å². The summed E-state index contributed by atoms with van der Waals surface area (Å²) in [6.45, 7) is 0. The van der Waals surface area contributed by atoms with Crippen LogP contribution in [0.15, 0.2) is 6.20 Å². The van der Waals surface area contributed by atoms with Gasteiger partial charge in [0.25, 0.3) is 5.15 Å². The van der Waals surface area contributed by atoms with Gasteiger partial charge in [-0.15, -0.1) is 0 Å². The lowest BCUT2D eigenvalue weighted by atomic mass is 10.6. The van der Waals surface area contributed by atoms with Crippen molar-refractivity contribution < 1.29 is 4.92 Å². The van der Waals surface area contributed by atoms with Crippen LogP contribution >= 0.6 is 11.6 Å². The maximum Gasteiger partial charge on any atom is 0.383 e. The van der Waals surface area contributed by atoms with E-state index in [9.17, 15) is 10.1 Å². The molecule has 0 aromatic carbocycles. The standard InChI is InChI=1S/C4H3ClN4O2/c5-3-4(6)7-1-2(8-3)9(10)11/h1H,(H2,6,7). The first-order chi connectivity index (χ1) is 5.11. The number of rotatable bonds is 1. The second-order valence-electron chi connectivity index (χ2n) is 1.66. The van der Waals surface area contributed by atoms with Crippen LogP contribution in [0.4, 0.5) is 11.6 Å². The fourth-order valence-corrected chi connectivity index (χ4v) is 0.591. The maximum absolute atomic E-state index is 10.1. The van der Waals surface area contributed by atoms with E-state index in [1.54, 1.807) is 0 Å². The van der Waals surface area contributed by atoms with Crippen LogP contribution in [0.1, 0.15) is 0 Å². The summed E-state index contributed by atoms with van der Waals surface area (Å²) in [7, 11) is 0. The molecule has 2 N–H and O–H groups in total. The molecule has 0 aliphatic carbocycles. The highest BCUT2D eigenvalue weighted by atomic mass is 35.5. The van der Waals surface area contributed by atoms with Gasteiger partial charge in [-0.2, -0.15) is 0 Å². The number of hydrogen-bond donors (Lipinski definition) is 1. The quantitative estimate of drug-likeness (QED) is 0.497. The zero-order valence-electron chi connectivity index (χ0n) is 5.19. The van der Waals surface area contributed by atoms with Crippen molar-refractivity contribution in [3.63, 3.8) is 0 Å². The number of nitrogens with zero attached hydrogens (tertiary/aromatic N) is 3. The van der Waals surface area contributed by atoms with Crippen molar-refractivity contribution in [2.75, 3.05) is 5.73 Å². The summed E-state index contributed by atoms with van der Waals surface area (Å²) >= 11 is 5.35. The summed E-state index contributed by atoms with van der Waals surface area (Å²) in [5.74, 6) is -0.429. The van der Waals surface area contributed by atoms with Crippen molar-refractivity contribution >= 4 is 23.2 Å². The molecule has 0 bridgehead atoms. The molecule has 0 aliphatic rings. The van der Waals surface area contributed by atoms with Crippen LogP contribution in [-0.4, -0.2) is 14.9 Å². The summed E-state index contributed by atoms with van der Waals surface area (Å²) < 4.78 is 0. The second kappa shape index (κ2) is 2.67. The third-order valence-electron chi connectivity index (χ3n) is 0.930. The Labute approximate surface area is 66.2 Å². The van der Waals surface area contributed by atoms with Crippen LogP contribution in [0.5, 0.6) is 0 Å². The monoisotopic (exact) mass is 174 g/mol. The van der Waals surface area contributed by atoms with Gasteiger partial charge >= 0.3 is 5.82 Å². The summed E-state index contributed by atoms with van der Waals surface area (Å²) in [6.07, 6.45) is 0.946. The molecule has 0 unspecified atom stereocenters. The number of halogens is 1. The van der Waals surface area contributed by atoms with Gasteiger partial charge in [-0.1, -0.05) is 0 Å². The normalized spacial score (nSPS) is 9.55. The maximum atomic E-state index is 10.1. The summed E-state index contributed by atoms with van der Waals surface area (Å²) in [5.41, 5.74) is 5.16. The summed E-state index contributed by atoms with van der Waals surface area (Å²) in [6, 6.07) is 0. The second-order valence-corrected chi connectivity index (χ2v) is 2.02. The molecule has 7 heteroatoms. The van der Waals surface area contributed by atoms with Gasteiger partial charge in [-0.25, -0.2) is 4.98 Å². The molecule has 0 radical (unpaired) electrons. The molecule has 1 heterocycles. The molecular formula is C4H3ClN4O2. The van der Waals surface area contributed by atoms with E-state index in [-0.39, 0.29) is 11.0 Å². The zero-order valence-corrected chi connectivity index (χ0v) is 5.95. The lowest BCUT2D eigenvalue weighted by molar-refractivity contribution is -0.389. The lowest BCUT2D eigenvalue weighted by Gasteiger charge is -1.91. The molecule has 0 saturated heterocycles. The number of aromatic nitrogens is 2. The average molecular weight is 175 g/mol. The van der Waals surface area contributed by atoms with E-state index in [1.165, 1.54) is 0 Å². The van der Waals surface area contributed by atoms with Crippen molar-refractivity contribution in [2.45, 2.75) is 0 Å². The van der Waals surface area contributed by atoms with Gasteiger partial charge < -0.3 is 15.8 Å². The number of nitrogens with two attached hydrogens (primary N) is 1. The van der Waals surface area contributed by atoms with Crippen LogP contribution in [0, 0.1) is 10.1 Å². The topological polar surface area (TPSA) is 94.9 Å². The van der Waals surface area contributed by atoms with Crippen LogP contribution < -0.4 is 5.73 Å². The van der Waals surface area contributed by atoms with E-state index < -0.39 is 10.7 Å². The molecular weight excluding hydrogens is 172 g/mol. The largest absolute Gasteiger partial charge is 0.383 e. The van der Waals surface area contributed by atoms with Gasteiger partial charge in [0, 0.05) is 0 Å². The van der Waals surface area contributed by atoms with Crippen LogP contribution in [0.2, 0.25) is 5.15 Å². The first kappa shape index (κ1) is 7.67.